The fourth-order valence-electron chi connectivity index (χ4n) is 2.12. The molecule has 21 heavy (non-hydrogen) atoms. The minimum atomic E-state index is -0.0608. The lowest BCUT2D eigenvalue weighted by Gasteiger charge is -2.09. The van der Waals surface area contributed by atoms with Gasteiger partial charge < -0.3 is 5.32 Å². The minimum absolute atomic E-state index is 0.0608. The summed E-state index contributed by atoms with van der Waals surface area (Å²) in [7, 11) is 0. The van der Waals surface area contributed by atoms with E-state index in [2.05, 4.69) is 46.9 Å². The molecule has 0 fully saturated rings. The molecule has 0 aliphatic heterocycles. The third-order valence-electron chi connectivity index (χ3n) is 3.45. The predicted octanol–water partition coefficient (Wildman–Crippen LogP) is 3.87. The number of rotatable bonds is 4. The molecule has 0 aliphatic rings. The average Bonchev–Trinajstić information content (AvgIpc) is 2.67. The first kappa shape index (κ1) is 16.0. The van der Waals surface area contributed by atoms with Crippen LogP contribution in [0.4, 0.5) is 5.69 Å². The number of carbonyl (C=O) groups excluding carboxylic acids is 1. The van der Waals surface area contributed by atoms with Crippen molar-refractivity contribution >= 4 is 34.2 Å². The molecule has 0 bridgehead atoms. The van der Waals surface area contributed by atoms with E-state index >= 15 is 0 Å². The fraction of sp³-hybridized carbons (Fsp3) is 0.375. The van der Waals surface area contributed by atoms with E-state index in [1.54, 1.807) is 4.68 Å². The van der Waals surface area contributed by atoms with Crippen molar-refractivity contribution in [1.82, 2.24) is 9.78 Å². The summed E-state index contributed by atoms with van der Waals surface area (Å²) in [5.41, 5.74) is 4.07. The number of nitrogens with zero attached hydrogens (tertiary/aromatic N) is 2. The van der Waals surface area contributed by atoms with Crippen LogP contribution in [0.2, 0.25) is 0 Å². The maximum absolute atomic E-state index is 12.1. The minimum Gasteiger partial charge on any atom is -0.324 e. The Hall–Kier alpha value is -1.37. The Morgan fingerprint density at radius 3 is 2.38 bits per heavy atom. The highest BCUT2D eigenvalue weighted by atomic mass is 127. The third kappa shape index (κ3) is 3.84. The SMILES string of the molecule is Cc1nn(CC(=O)Nc2ccc(C(C)C)cc2)c(C)c1I. The monoisotopic (exact) mass is 397 g/mol. The zero-order valence-electron chi connectivity index (χ0n) is 12.8. The van der Waals surface area contributed by atoms with Crippen molar-refractivity contribution in [3.05, 3.63) is 44.8 Å². The molecule has 1 aromatic heterocycles. The van der Waals surface area contributed by atoms with E-state index in [0.29, 0.717) is 5.92 Å². The standard InChI is InChI=1S/C16H20IN3O/c1-10(2)13-5-7-14(8-6-13)18-15(21)9-20-12(4)16(17)11(3)19-20/h5-8,10H,9H2,1-4H3,(H,18,21). The molecule has 0 spiro atoms. The fourth-order valence-corrected chi connectivity index (χ4v) is 2.50. The van der Waals surface area contributed by atoms with Crippen molar-refractivity contribution in [3.63, 3.8) is 0 Å². The molecule has 1 amide bonds. The van der Waals surface area contributed by atoms with E-state index < -0.39 is 0 Å². The van der Waals surface area contributed by atoms with Gasteiger partial charge in [0.05, 0.1) is 9.26 Å². The molecule has 0 saturated carbocycles. The van der Waals surface area contributed by atoms with E-state index in [9.17, 15) is 4.79 Å². The Labute approximate surface area is 139 Å². The maximum Gasteiger partial charge on any atom is 0.246 e. The van der Waals surface area contributed by atoms with E-state index in [1.807, 2.05) is 38.1 Å². The first-order chi connectivity index (χ1) is 9.88. The van der Waals surface area contributed by atoms with E-state index in [1.165, 1.54) is 5.56 Å². The number of hydrogen-bond acceptors (Lipinski definition) is 2. The summed E-state index contributed by atoms with van der Waals surface area (Å²) in [6.45, 7) is 8.47. The van der Waals surface area contributed by atoms with Crippen molar-refractivity contribution in [3.8, 4) is 0 Å². The molecular weight excluding hydrogens is 377 g/mol. The van der Waals surface area contributed by atoms with Gasteiger partial charge in [-0.15, -0.1) is 0 Å². The molecular formula is C16H20IN3O. The number of benzene rings is 1. The van der Waals surface area contributed by atoms with Gasteiger partial charge in [0.2, 0.25) is 5.91 Å². The lowest BCUT2D eigenvalue weighted by atomic mass is 10.0. The van der Waals surface area contributed by atoms with Crippen molar-refractivity contribution in [2.45, 2.75) is 40.2 Å². The van der Waals surface area contributed by atoms with Crippen molar-refractivity contribution in [2.24, 2.45) is 0 Å². The molecule has 112 valence electrons. The zero-order chi connectivity index (χ0) is 15.6. The predicted molar refractivity (Wildman–Crippen MR) is 93.6 cm³/mol. The molecule has 1 heterocycles. The Bertz CT molecular complexity index is 644. The van der Waals surface area contributed by atoms with Crippen LogP contribution in [0, 0.1) is 17.4 Å². The Balaban J connectivity index is 2.03. The van der Waals surface area contributed by atoms with Crippen LogP contribution in [-0.2, 0) is 11.3 Å². The number of anilines is 1. The second kappa shape index (κ2) is 6.60. The van der Waals surface area contributed by atoms with Gasteiger partial charge in [-0.3, -0.25) is 9.48 Å². The van der Waals surface area contributed by atoms with E-state index in [4.69, 9.17) is 0 Å². The van der Waals surface area contributed by atoms with Crippen molar-refractivity contribution in [2.75, 3.05) is 5.32 Å². The van der Waals surface area contributed by atoms with Gasteiger partial charge in [-0.1, -0.05) is 26.0 Å². The number of aromatic nitrogens is 2. The summed E-state index contributed by atoms with van der Waals surface area (Å²) >= 11 is 2.25. The summed E-state index contributed by atoms with van der Waals surface area (Å²) in [5.74, 6) is 0.431. The van der Waals surface area contributed by atoms with Gasteiger partial charge in [-0.25, -0.2) is 0 Å². The number of nitrogens with one attached hydrogen (secondary N) is 1. The second-order valence-corrected chi connectivity index (χ2v) is 6.55. The molecule has 4 nitrogen and oxygen atoms in total. The van der Waals surface area contributed by atoms with Gasteiger partial charge in [-0.2, -0.15) is 5.10 Å². The zero-order valence-corrected chi connectivity index (χ0v) is 14.9. The summed E-state index contributed by atoms with van der Waals surface area (Å²) in [6.07, 6.45) is 0. The smallest absolute Gasteiger partial charge is 0.246 e. The summed E-state index contributed by atoms with van der Waals surface area (Å²) in [6, 6.07) is 7.98. The molecule has 0 atom stereocenters. The van der Waals surface area contributed by atoms with Crippen LogP contribution < -0.4 is 5.32 Å². The van der Waals surface area contributed by atoms with Crippen molar-refractivity contribution in [1.29, 1.82) is 0 Å². The van der Waals surface area contributed by atoms with Gasteiger partial charge >= 0.3 is 0 Å². The molecule has 0 saturated heterocycles. The van der Waals surface area contributed by atoms with Crippen LogP contribution >= 0.6 is 22.6 Å². The molecule has 5 heteroatoms. The molecule has 0 unspecified atom stereocenters. The number of amides is 1. The number of hydrogen-bond donors (Lipinski definition) is 1. The molecule has 0 aliphatic carbocycles. The lowest BCUT2D eigenvalue weighted by Crippen LogP contribution is -2.20. The first-order valence-electron chi connectivity index (χ1n) is 6.97. The van der Waals surface area contributed by atoms with Gasteiger partial charge in [-0.05, 0) is 60.1 Å². The molecule has 2 aromatic rings. The molecule has 1 N–H and O–H groups in total. The maximum atomic E-state index is 12.1. The molecule has 0 radical (unpaired) electrons. The Kier molecular flexibility index (Phi) is 5.03. The van der Waals surface area contributed by atoms with E-state index in [0.717, 1.165) is 20.6 Å². The molecule has 2 rings (SSSR count). The molecule has 1 aromatic carbocycles. The van der Waals surface area contributed by atoms with Crippen LogP contribution in [0.3, 0.4) is 0 Å². The summed E-state index contributed by atoms with van der Waals surface area (Å²) < 4.78 is 2.86. The number of carbonyl (C=O) groups is 1. The Morgan fingerprint density at radius 1 is 1.29 bits per heavy atom. The van der Waals surface area contributed by atoms with Crippen LogP contribution in [0.25, 0.3) is 0 Å². The van der Waals surface area contributed by atoms with Crippen LogP contribution in [0.5, 0.6) is 0 Å². The van der Waals surface area contributed by atoms with Crippen LogP contribution in [0.1, 0.15) is 36.7 Å². The largest absolute Gasteiger partial charge is 0.324 e. The number of aryl methyl sites for hydroxylation is 1. The second-order valence-electron chi connectivity index (χ2n) is 5.47. The topological polar surface area (TPSA) is 46.9 Å². The van der Waals surface area contributed by atoms with Crippen molar-refractivity contribution < 1.29 is 4.79 Å². The summed E-state index contributed by atoms with van der Waals surface area (Å²) in [5, 5.41) is 7.29. The van der Waals surface area contributed by atoms with Crippen LogP contribution in [-0.4, -0.2) is 15.7 Å². The highest BCUT2D eigenvalue weighted by molar-refractivity contribution is 14.1. The lowest BCUT2D eigenvalue weighted by molar-refractivity contribution is -0.116. The normalized spacial score (nSPS) is 11.0. The van der Waals surface area contributed by atoms with Gasteiger partial charge in [0.1, 0.15) is 6.54 Å². The van der Waals surface area contributed by atoms with Crippen LogP contribution in [0.15, 0.2) is 24.3 Å². The highest BCUT2D eigenvalue weighted by Crippen LogP contribution is 2.18. The third-order valence-corrected chi connectivity index (χ3v) is 5.01. The quantitative estimate of drug-likeness (QED) is 0.797. The van der Waals surface area contributed by atoms with Gasteiger partial charge in [0, 0.05) is 11.4 Å². The number of halogens is 1. The summed E-state index contributed by atoms with van der Waals surface area (Å²) in [4.78, 5) is 12.1. The highest BCUT2D eigenvalue weighted by Gasteiger charge is 2.12. The average molecular weight is 397 g/mol. The van der Waals surface area contributed by atoms with Gasteiger partial charge in [0.15, 0.2) is 0 Å². The Morgan fingerprint density at radius 2 is 1.90 bits per heavy atom. The first-order valence-corrected chi connectivity index (χ1v) is 8.05. The van der Waals surface area contributed by atoms with Gasteiger partial charge in [0.25, 0.3) is 0 Å². The van der Waals surface area contributed by atoms with E-state index in [-0.39, 0.29) is 12.5 Å².